The molecule has 0 aliphatic rings. The first-order valence-corrected chi connectivity index (χ1v) is 4.82. The molecule has 0 aliphatic heterocycles. The Morgan fingerprint density at radius 2 is 2.13 bits per heavy atom. The fourth-order valence-corrected chi connectivity index (χ4v) is 1.32. The molecular weight excluding hydrogens is 197 g/mol. The standard InChI is InChI=1S/C11H16FNO2/c1-8(13)11-9(12)4-3-5-10(11)15-7-6-14-2/h3-5,8H,6-7,13H2,1-2H3/t8-/m0/s1. The van der Waals surface area contributed by atoms with Crippen LogP contribution in [0.15, 0.2) is 18.2 Å². The Labute approximate surface area is 89.0 Å². The maximum atomic E-state index is 13.4. The topological polar surface area (TPSA) is 44.5 Å². The van der Waals surface area contributed by atoms with Gasteiger partial charge in [-0.2, -0.15) is 0 Å². The molecule has 1 rings (SSSR count). The van der Waals surface area contributed by atoms with Gasteiger partial charge in [-0.05, 0) is 19.1 Å². The molecule has 0 radical (unpaired) electrons. The summed E-state index contributed by atoms with van der Waals surface area (Å²) in [5.74, 6) is 0.155. The molecule has 0 aromatic heterocycles. The molecule has 0 amide bonds. The van der Waals surface area contributed by atoms with Gasteiger partial charge in [-0.1, -0.05) is 6.07 Å². The lowest BCUT2D eigenvalue weighted by molar-refractivity contribution is 0.145. The van der Waals surface area contributed by atoms with Crippen molar-refractivity contribution < 1.29 is 13.9 Å². The molecule has 0 aliphatic carbocycles. The molecule has 1 atom stereocenters. The fraction of sp³-hybridized carbons (Fsp3) is 0.455. The maximum absolute atomic E-state index is 13.4. The Kier molecular flexibility index (Phi) is 4.52. The van der Waals surface area contributed by atoms with Gasteiger partial charge in [0, 0.05) is 18.7 Å². The summed E-state index contributed by atoms with van der Waals surface area (Å²) in [5, 5.41) is 0. The van der Waals surface area contributed by atoms with Crippen LogP contribution >= 0.6 is 0 Å². The minimum atomic E-state index is -0.385. The van der Waals surface area contributed by atoms with E-state index in [2.05, 4.69) is 0 Å². The Morgan fingerprint density at radius 1 is 1.40 bits per heavy atom. The van der Waals surface area contributed by atoms with Crippen molar-refractivity contribution in [2.45, 2.75) is 13.0 Å². The second-order valence-electron chi connectivity index (χ2n) is 3.28. The van der Waals surface area contributed by atoms with E-state index in [4.69, 9.17) is 15.2 Å². The highest BCUT2D eigenvalue weighted by atomic mass is 19.1. The molecule has 0 heterocycles. The van der Waals surface area contributed by atoms with Crippen LogP contribution < -0.4 is 10.5 Å². The van der Waals surface area contributed by atoms with Gasteiger partial charge < -0.3 is 15.2 Å². The quantitative estimate of drug-likeness (QED) is 0.759. The highest BCUT2D eigenvalue weighted by molar-refractivity contribution is 5.36. The third kappa shape index (κ3) is 3.18. The summed E-state index contributed by atoms with van der Waals surface area (Å²) >= 11 is 0. The highest BCUT2D eigenvalue weighted by Crippen LogP contribution is 2.26. The zero-order valence-electron chi connectivity index (χ0n) is 9.00. The number of benzene rings is 1. The second-order valence-corrected chi connectivity index (χ2v) is 3.28. The predicted molar refractivity (Wildman–Crippen MR) is 56.4 cm³/mol. The van der Waals surface area contributed by atoms with E-state index in [0.29, 0.717) is 24.5 Å². The monoisotopic (exact) mass is 213 g/mol. The molecule has 0 saturated heterocycles. The van der Waals surface area contributed by atoms with Crippen LogP contribution in [0.5, 0.6) is 5.75 Å². The fourth-order valence-electron chi connectivity index (χ4n) is 1.32. The molecule has 4 heteroatoms. The molecule has 1 aromatic rings. The minimum absolute atomic E-state index is 0.333. The van der Waals surface area contributed by atoms with Gasteiger partial charge in [0.05, 0.1) is 6.61 Å². The molecule has 2 N–H and O–H groups in total. The summed E-state index contributed by atoms with van der Waals surface area (Å²) in [5.41, 5.74) is 6.08. The van der Waals surface area contributed by atoms with Crippen LogP contribution in [-0.4, -0.2) is 20.3 Å². The molecule has 3 nitrogen and oxygen atoms in total. The van der Waals surface area contributed by atoms with Crippen LogP contribution in [0.3, 0.4) is 0 Å². The first kappa shape index (κ1) is 11.9. The van der Waals surface area contributed by atoms with Crippen LogP contribution in [0.25, 0.3) is 0 Å². The summed E-state index contributed by atoms with van der Waals surface area (Å²) in [7, 11) is 1.58. The Balaban J connectivity index is 2.81. The maximum Gasteiger partial charge on any atom is 0.131 e. The summed E-state index contributed by atoms with van der Waals surface area (Å²) in [6.45, 7) is 2.58. The zero-order chi connectivity index (χ0) is 11.3. The lowest BCUT2D eigenvalue weighted by Crippen LogP contribution is -2.12. The summed E-state index contributed by atoms with van der Waals surface area (Å²) in [6.07, 6.45) is 0. The van der Waals surface area contributed by atoms with E-state index in [0.717, 1.165) is 0 Å². The first-order valence-electron chi connectivity index (χ1n) is 4.82. The molecule has 0 bridgehead atoms. The number of rotatable bonds is 5. The van der Waals surface area contributed by atoms with Gasteiger partial charge in [0.25, 0.3) is 0 Å². The van der Waals surface area contributed by atoms with Gasteiger partial charge in [0.1, 0.15) is 18.2 Å². The van der Waals surface area contributed by atoms with E-state index in [1.165, 1.54) is 6.07 Å². The molecule has 0 saturated carbocycles. The van der Waals surface area contributed by atoms with Crippen LogP contribution in [0.2, 0.25) is 0 Å². The van der Waals surface area contributed by atoms with Gasteiger partial charge in [0.15, 0.2) is 0 Å². The van der Waals surface area contributed by atoms with E-state index >= 15 is 0 Å². The summed E-state index contributed by atoms with van der Waals surface area (Å²) in [4.78, 5) is 0. The van der Waals surface area contributed by atoms with Crippen molar-refractivity contribution >= 4 is 0 Å². The molecule has 15 heavy (non-hydrogen) atoms. The lowest BCUT2D eigenvalue weighted by atomic mass is 10.1. The van der Waals surface area contributed by atoms with Gasteiger partial charge in [-0.15, -0.1) is 0 Å². The largest absolute Gasteiger partial charge is 0.491 e. The number of methoxy groups -OCH3 is 1. The molecule has 1 aromatic carbocycles. The molecule has 84 valence electrons. The number of halogens is 1. The molecule has 0 unspecified atom stereocenters. The smallest absolute Gasteiger partial charge is 0.131 e. The van der Waals surface area contributed by atoms with Crippen molar-refractivity contribution in [2.24, 2.45) is 5.73 Å². The highest BCUT2D eigenvalue weighted by Gasteiger charge is 2.13. The molecule has 0 fully saturated rings. The average Bonchev–Trinajstić information content (AvgIpc) is 2.17. The Hall–Kier alpha value is -1.13. The Morgan fingerprint density at radius 3 is 2.73 bits per heavy atom. The van der Waals surface area contributed by atoms with Gasteiger partial charge in [-0.25, -0.2) is 4.39 Å². The van der Waals surface area contributed by atoms with Gasteiger partial charge in [-0.3, -0.25) is 0 Å². The van der Waals surface area contributed by atoms with Crippen molar-refractivity contribution in [3.63, 3.8) is 0 Å². The van der Waals surface area contributed by atoms with Crippen molar-refractivity contribution in [3.05, 3.63) is 29.6 Å². The average molecular weight is 213 g/mol. The van der Waals surface area contributed by atoms with E-state index in [1.807, 2.05) is 0 Å². The molecular formula is C11H16FNO2. The molecule has 0 spiro atoms. The van der Waals surface area contributed by atoms with Crippen LogP contribution in [0.1, 0.15) is 18.5 Å². The number of hydrogen-bond donors (Lipinski definition) is 1. The van der Waals surface area contributed by atoms with Crippen molar-refractivity contribution in [2.75, 3.05) is 20.3 Å². The summed E-state index contributed by atoms with van der Waals surface area (Å²) in [6, 6.07) is 4.30. The SMILES string of the molecule is COCCOc1cccc(F)c1[C@H](C)N. The summed E-state index contributed by atoms with van der Waals surface area (Å²) < 4.78 is 23.6. The number of nitrogens with two attached hydrogens (primary N) is 1. The van der Waals surface area contributed by atoms with E-state index in [9.17, 15) is 4.39 Å². The lowest BCUT2D eigenvalue weighted by Gasteiger charge is -2.14. The van der Waals surface area contributed by atoms with E-state index < -0.39 is 0 Å². The second kappa shape index (κ2) is 5.68. The van der Waals surface area contributed by atoms with Crippen LogP contribution in [0.4, 0.5) is 4.39 Å². The van der Waals surface area contributed by atoms with Gasteiger partial charge in [0.2, 0.25) is 0 Å². The van der Waals surface area contributed by atoms with Crippen molar-refractivity contribution in [1.29, 1.82) is 0 Å². The Bertz CT molecular complexity index is 315. The number of hydrogen-bond acceptors (Lipinski definition) is 3. The normalized spacial score (nSPS) is 12.5. The minimum Gasteiger partial charge on any atom is -0.491 e. The van der Waals surface area contributed by atoms with Crippen molar-refractivity contribution in [3.8, 4) is 5.75 Å². The third-order valence-corrected chi connectivity index (χ3v) is 2.01. The first-order chi connectivity index (χ1) is 7.16. The number of ether oxygens (including phenoxy) is 2. The third-order valence-electron chi connectivity index (χ3n) is 2.01. The van der Waals surface area contributed by atoms with Gasteiger partial charge >= 0.3 is 0 Å². The predicted octanol–water partition coefficient (Wildman–Crippen LogP) is 1.87. The van der Waals surface area contributed by atoms with E-state index in [1.54, 1.807) is 26.2 Å². The van der Waals surface area contributed by atoms with Crippen LogP contribution in [0, 0.1) is 5.82 Å². The van der Waals surface area contributed by atoms with Crippen LogP contribution in [-0.2, 0) is 4.74 Å². The van der Waals surface area contributed by atoms with Crippen molar-refractivity contribution in [1.82, 2.24) is 0 Å². The zero-order valence-corrected chi connectivity index (χ0v) is 9.00. The van der Waals surface area contributed by atoms with E-state index in [-0.39, 0.29) is 11.9 Å².